The normalized spacial score (nSPS) is 13.7. The summed E-state index contributed by atoms with van der Waals surface area (Å²) in [6.07, 6.45) is 0.682. The van der Waals surface area contributed by atoms with Crippen LogP contribution in [0.5, 0.6) is 0 Å². The minimum absolute atomic E-state index is 0.204. The first-order valence-corrected chi connectivity index (χ1v) is 6.77. The van der Waals surface area contributed by atoms with Gasteiger partial charge in [0.15, 0.2) is 0 Å². The van der Waals surface area contributed by atoms with Gasteiger partial charge in [-0.2, -0.15) is 0 Å². The fourth-order valence-electron chi connectivity index (χ4n) is 1.44. The molecule has 90 valence electrons. The van der Waals surface area contributed by atoms with Gasteiger partial charge < -0.3 is 5.73 Å². The fourth-order valence-corrected chi connectivity index (χ4v) is 3.02. The van der Waals surface area contributed by atoms with Crippen molar-refractivity contribution < 1.29 is 8.42 Å². The van der Waals surface area contributed by atoms with E-state index in [-0.39, 0.29) is 6.04 Å². The number of hydrogen-bond donors (Lipinski definition) is 2. The maximum absolute atomic E-state index is 12.0. The average Bonchev–Trinajstić information content (AvgIpc) is 2.26. The lowest BCUT2D eigenvalue weighted by Crippen LogP contribution is -2.39. The molecule has 0 radical (unpaired) electrons. The molecule has 1 atom stereocenters. The Kier molecular flexibility index (Phi) is 4.46. The Morgan fingerprint density at radius 1 is 1.38 bits per heavy atom. The van der Waals surface area contributed by atoms with Gasteiger partial charge in [0.25, 0.3) is 0 Å². The van der Waals surface area contributed by atoms with E-state index in [4.69, 9.17) is 5.73 Å². The summed E-state index contributed by atoms with van der Waals surface area (Å²) in [7, 11) is -3.44. The highest BCUT2D eigenvalue weighted by Crippen LogP contribution is 2.14. The summed E-state index contributed by atoms with van der Waals surface area (Å²) in [6, 6.07) is 6.70. The number of benzene rings is 1. The predicted octanol–water partition coefficient (Wildman–Crippen LogP) is 1.01. The maximum Gasteiger partial charge on any atom is 0.241 e. The molecule has 0 fully saturated rings. The monoisotopic (exact) mass is 242 g/mol. The van der Waals surface area contributed by atoms with E-state index in [0.717, 1.165) is 5.56 Å². The largest absolute Gasteiger partial charge is 0.329 e. The zero-order valence-corrected chi connectivity index (χ0v) is 10.4. The van der Waals surface area contributed by atoms with E-state index in [1.165, 1.54) is 0 Å². The van der Waals surface area contributed by atoms with Gasteiger partial charge in [-0.25, -0.2) is 13.1 Å². The van der Waals surface area contributed by atoms with Gasteiger partial charge in [0.1, 0.15) is 0 Å². The van der Waals surface area contributed by atoms with Gasteiger partial charge in [0.05, 0.1) is 4.90 Å². The van der Waals surface area contributed by atoms with Crippen LogP contribution >= 0.6 is 0 Å². The Morgan fingerprint density at radius 3 is 2.50 bits per heavy atom. The van der Waals surface area contributed by atoms with Crippen molar-refractivity contribution in [1.29, 1.82) is 0 Å². The van der Waals surface area contributed by atoms with E-state index < -0.39 is 10.0 Å². The van der Waals surface area contributed by atoms with Gasteiger partial charge in [-0.3, -0.25) is 0 Å². The summed E-state index contributed by atoms with van der Waals surface area (Å²) < 4.78 is 26.6. The third-order valence-corrected chi connectivity index (χ3v) is 4.16. The molecule has 3 N–H and O–H groups in total. The Labute approximate surface area is 96.9 Å². The second-order valence-corrected chi connectivity index (χ2v) is 5.41. The van der Waals surface area contributed by atoms with Crippen molar-refractivity contribution in [3.8, 4) is 0 Å². The van der Waals surface area contributed by atoms with Crippen LogP contribution in [-0.2, 0) is 10.0 Å². The Bertz CT molecular complexity index is 439. The summed E-state index contributed by atoms with van der Waals surface area (Å²) >= 11 is 0. The molecule has 0 saturated carbocycles. The number of sulfonamides is 1. The van der Waals surface area contributed by atoms with E-state index in [1.807, 2.05) is 13.0 Å². The van der Waals surface area contributed by atoms with E-state index in [1.54, 1.807) is 25.1 Å². The van der Waals surface area contributed by atoms with E-state index >= 15 is 0 Å². The van der Waals surface area contributed by atoms with Crippen LogP contribution < -0.4 is 10.5 Å². The first kappa shape index (κ1) is 13.2. The Hall–Kier alpha value is -0.910. The van der Waals surface area contributed by atoms with Crippen LogP contribution in [0.15, 0.2) is 29.2 Å². The molecule has 1 aromatic carbocycles. The molecule has 0 bridgehead atoms. The first-order chi connectivity index (χ1) is 7.51. The SMILES string of the molecule is CCC(CN)NS(=O)(=O)c1ccccc1C. The van der Waals surface area contributed by atoms with Crippen LogP contribution in [0.1, 0.15) is 18.9 Å². The molecular formula is C11H18N2O2S. The van der Waals surface area contributed by atoms with Gasteiger partial charge in [-0.05, 0) is 25.0 Å². The summed E-state index contributed by atoms with van der Waals surface area (Å²) in [5, 5.41) is 0. The highest BCUT2D eigenvalue weighted by atomic mass is 32.2. The summed E-state index contributed by atoms with van der Waals surface area (Å²) in [6.45, 7) is 3.98. The summed E-state index contributed by atoms with van der Waals surface area (Å²) in [4.78, 5) is 0.321. The van der Waals surface area contributed by atoms with Gasteiger partial charge in [-0.1, -0.05) is 25.1 Å². The molecule has 0 spiro atoms. The van der Waals surface area contributed by atoms with Crippen molar-refractivity contribution in [2.75, 3.05) is 6.54 Å². The van der Waals surface area contributed by atoms with Crippen LogP contribution in [-0.4, -0.2) is 21.0 Å². The molecule has 5 heteroatoms. The molecule has 0 aliphatic carbocycles. The molecule has 1 aromatic rings. The highest BCUT2D eigenvalue weighted by molar-refractivity contribution is 7.89. The second-order valence-electron chi connectivity index (χ2n) is 3.73. The van der Waals surface area contributed by atoms with E-state index in [9.17, 15) is 8.42 Å². The number of nitrogens with two attached hydrogens (primary N) is 1. The molecule has 1 rings (SSSR count). The summed E-state index contributed by atoms with van der Waals surface area (Å²) in [5.74, 6) is 0. The highest BCUT2D eigenvalue weighted by Gasteiger charge is 2.19. The van der Waals surface area contributed by atoms with Crippen molar-refractivity contribution in [3.63, 3.8) is 0 Å². The molecular weight excluding hydrogens is 224 g/mol. The Morgan fingerprint density at radius 2 is 2.00 bits per heavy atom. The minimum atomic E-state index is -3.44. The molecule has 4 nitrogen and oxygen atoms in total. The fraction of sp³-hybridized carbons (Fsp3) is 0.455. The Balaban J connectivity index is 2.99. The van der Waals surface area contributed by atoms with Crippen molar-refractivity contribution in [1.82, 2.24) is 4.72 Å². The number of rotatable bonds is 5. The smallest absolute Gasteiger partial charge is 0.241 e. The van der Waals surface area contributed by atoms with Crippen molar-refractivity contribution >= 4 is 10.0 Å². The van der Waals surface area contributed by atoms with Crippen LogP contribution in [0.3, 0.4) is 0 Å². The molecule has 0 saturated heterocycles. The van der Waals surface area contributed by atoms with Crippen LogP contribution in [0.25, 0.3) is 0 Å². The van der Waals surface area contributed by atoms with Crippen LogP contribution in [0.2, 0.25) is 0 Å². The van der Waals surface area contributed by atoms with Gasteiger partial charge in [0, 0.05) is 12.6 Å². The standard InChI is InChI=1S/C11H18N2O2S/c1-3-10(8-12)13-16(14,15)11-7-5-4-6-9(11)2/h4-7,10,13H,3,8,12H2,1-2H3. The topological polar surface area (TPSA) is 72.2 Å². The van der Waals surface area contributed by atoms with Gasteiger partial charge in [0.2, 0.25) is 10.0 Å². The molecule has 0 aliphatic heterocycles. The van der Waals surface area contributed by atoms with Crippen LogP contribution in [0, 0.1) is 6.92 Å². The van der Waals surface area contributed by atoms with Crippen molar-refractivity contribution in [3.05, 3.63) is 29.8 Å². The number of aryl methyl sites for hydroxylation is 1. The zero-order valence-electron chi connectivity index (χ0n) is 9.60. The quantitative estimate of drug-likeness (QED) is 0.809. The van der Waals surface area contributed by atoms with Gasteiger partial charge in [-0.15, -0.1) is 0 Å². The average molecular weight is 242 g/mol. The molecule has 0 aromatic heterocycles. The molecule has 1 unspecified atom stereocenters. The molecule has 16 heavy (non-hydrogen) atoms. The number of nitrogens with one attached hydrogen (secondary N) is 1. The van der Waals surface area contributed by atoms with Crippen molar-refractivity contribution in [2.24, 2.45) is 5.73 Å². The summed E-state index contributed by atoms with van der Waals surface area (Å²) in [5.41, 5.74) is 6.22. The van der Waals surface area contributed by atoms with E-state index in [2.05, 4.69) is 4.72 Å². The second kappa shape index (κ2) is 5.43. The lowest BCUT2D eigenvalue weighted by molar-refractivity contribution is 0.542. The molecule has 0 aliphatic rings. The van der Waals surface area contributed by atoms with E-state index in [0.29, 0.717) is 17.9 Å². The molecule has 0 heterocycles. The maximum atomic E-state index is 12.0. The van der Waals surface area contributed by atoms with Crippen molar-refractivity contribution in [2.45, 2.75) is 31.2 Å². The number of hydrogen-bond acceptors (Lipinski definition) is 3. The lowest BCUT2D eigenvalue weighted by atomic mass is 10.2. The third-order valence-electron chi connectivity index (χ3n) is 2.48. The van der Waals surface area contributed by atoms with Gasteiger partial charge >= 0.3 is 0 Å². The minimum Gasteiger partial charge on any atom is -0.329 e. The first-order valence-electron chi connectivity index (χ1n) is 5.29. The predicted molar refractivity (Wildman–Crippen MR) is 64.6 cm³/mol. The lowest BCUT2D eigenvalue weighted by Gasteiger charge is -2.15. The third kappa shape index (κ3) is 3.04. The zero-order chi connectivity index (χ0) is 12.2. The van der Waals surface area contributed by atoms with Crippen LogP contribution in [0.4, 0.5) is 0 Å². The molecule has 0 amide bonds.